The van der Waals surface area contributed by atoms with Crippen molar-refractivity contribution in [3.05, 3.63) is 103 Å². The van der Waals surface area contributed by atoms with Crippen LogP contribution >= 0.6 is 23.2 Å². The Bertz CT molecular complexity index is 731. The molecule has 0 heterocycles. The van der Waals surface area contributed by atoms with Crippen molar-refractivity contribution in [2.75, 3.05) is 11.5 Å². The molecule has 146 valence electrons. The van der Waals surface area contributed by atoms with E-state index in [9.17, 15) is 0 Å². The maximum absolute atomic E-state index is 3.52. The fourth-order valence-corrected chi connectivity index (χ4v) is 8.84. The van der Waals surface area contributed by atoms with Crippen LogP contribution in [0.1, 0.15) is 25.7 Å². The minimum absolute atomic E-state index is 1.10. The molecule has 2 heteroatoms. The third kappa shape index (κ3) is 5.22. The van der Waals surface area contributed by atoms with E-state index in [-0.39, 0.29) is 0 Å². The van der Waals surface area contributed by atoms with Gasteiger partial charge in [-0.3, -0.25) is 0 Å². The number of hydrogen-bond acceptors (Lipinski definition) is 0. The van der Waals surface area contributed by atoms with Crippen LogP contribution in [0, 0.1) is 0 Å². The van der Waals surface area contributed by atoms with Gasteiger partial charge >= 0.3 is 179 Å². The van der Waals surface area contributed by atoms with Crippen molar-refractivity contribution in [2.45, 2.75) is 25.7 Å². The summed E-state index contributed by atoms with van der Waals surface area (Å²) in [6, 6.07) is 33.5. The first kappa shape index (κ1) is 21.0. The van der Waals surface area contributed by atoms with E-state index in [4.69, 9.17) is 0 Å². The van der Waals surface area contributed by atoms with Crippen LogP contribution in [0.15, 0.2) is 103 Å². The number of rotatable bonds is 10. The van der Waals surface area contributed by atoms with Crippen LogP contribution in [0.3, 0.4) is 0 Å². The monoisotopic (exact) mass is 452 g/mol. The standard InChI is InChI=1S/C26H30BrP/c27-22-14-3-1-2-4-15-23-28(24-16-8-5-9-17-24,25-18-10-6-11-19-25)26-20-12-7-13-21-26/h4-13,15-21,28H,1-3,14,22-23H2. The van der Waals surface area contributed by atoms with E-state index in [1.54, 1.807) is 0 Å². The summed E-state index contributed by atoms with van der Waals surface area (Å²) in [6.07, 6.45) is 11.0. The molecule has 0 bridgehead atoms. The van der Waals surface area contributed by atoms with Gasteiger partial charge in [0.1, 0.15) is 0 Å². The molecule has 0 N–H and O–H groups in total. The predicted molar refractivity (Wildman–Crippen MR) is 133 cm³/mol. The summed E-state index contributed by atoms with van der Waals surface area (Å²) in [5.74, 6) is 0. The van der Waals surface area contributed by atoms with E-state index in [0.29, 0.717) is 0 Å². The van der Waals surface area contributed by atoms with Crippen LogP contribution in [0.5, 0.6) is 0 Å². The van der Waals surface area contributed by atoms with Gasteiger partial charge in [0.15, 0.2) is 0 Å². The first-order valence-corrected chi connectivity index (χ1v) is 13.6. The quantitative estimate of drug-likeness (QED) is 0.148. The van der Waals surface area contributed by atoms with Gasteiger partial charge in [0.2, 0.25) is 0 Å². The molecule has 0 atom stereocenters. The zero-order valence-corrected chi connectivity index (χ0v) is 19.0. The second-order valence-electron chi connectivity index (χ2n) is 7.22. The Morgan fingerprint density at radius 3 is 1.46 bits per heavy atom. The van der Waals surface area contributed by atoms with Gasteiger partial charge in [-0.05, 0) is 0 Å². The van der Waals surface area contributed by atoms with Crippen molar-refractivity contribution in [2.24, 2.45) is 0 Å². The first-order valence-electron chi connectivity index (χ1n) is 10.3. The topological polar surface area (TPSA) is 0 Å². The second kappa shape index (κ2) is 11.3. The summed E-state index contributed by atoms with van der Waals surface area (Å²) in [6.45, 7) is 0. The van der Waals surface area contributed by atoms with E-state index < -0.39 is 7.26 Å². The van der Waals surface area contributed by atoms with Crippen molar-refractivity contribution in [1.29, 1.82) is 0 Å². The zero-order valence-electron chi connectivity index (χ0n) is 16.4. The minimum atomic E-state index is -2.09. The molecular weight excluding hydrogens is 423 g/mol. The average Bonchev–Trinajstić information content (AvgIpc) is 2.78. The number of benzene rings is 3. The summed E-state index contributed by atoms with van der Waals surface area (Å²) >= 11 is 3.52. The van der Waals surface area contributed by atoms with Crippen molar-refractivity contribution in [3.8, 4) is 0 Å². The second-order valence-corrected chi connectivity index (χ2v) is 12.0. The molecule has 28 heavy (non-hydrogen) atoms. The van der Waals surface area contributed by atoms with Crippen LogP contribution in [-0.2, 0) is 0 Å². The van der Waals surface area contributed by atoms with Crippen LogP contribution in [-0.4, -0.2) is 11.5 Å². The van der Waals surface area contributed by atoms with Crippen molar-refractivity contribution in [1.82, 2.24) is 0 Å². The van der Waals surface area contributed by atoms with Crippen LogP contribution < -0.4 is 15.9 Å². The Morgan fingerprint density at radius 2 is 1.04 bits per heavy atom. The van der Waals surface area contributed by atoms with Gasteiger partial charge in [0, 0.05) is 0 Å². The summed E-state index contributed by atoms with van der Waals surface area (Å²) < 4.78 is 0. The van der Waals surface area contributed by atoms with E-state index in [1.807, 2.05) is 0 Å². The molecule has 0 fully saturated rings. The van der Waals surface area contributed by atoms with E-state index in [1.165, 1.54) is 41.6 Å². The van der Waals surface area contributed by atoms with Crippen molar-refractivity contribution >= 4 is 39.1 Å². The Labute approximate surface area is 179 Å². The molecule has 0 aliphatic heterocycles. The Hall–Kier alpha value is -1.69. The third-order valence-corrected chi connectivity index (χ3v) is 10.8. The average molecular weight is 453 g/mol. The summed E-state index contributed by atoms with van der Waals surface area (Å²) in [5.41, 5.74) is 0. The molecule has 0 saturated carbocycles. The molecule has 0 radical (unpaired) electrons. The molecule has 0 saturated heterocycles. The predicted octanol–water partition coefficient (Wildman–Crippen LogP) is 6.22. The van der Waals surface area contributed by atoms with Gasteiger partial charge in [-0.2, -0.15) is 0 Å². The van der Waals surface area contributed by atoms with Crippen LogP contribution in [0.4, 0.5) is 0 Å². The van der Waals surface area contributed by atoms with Gasteiger partial charge in [0.05, 0.1) is 0 Å². The van der Waals surface area contributed by atoms with Gasteiger partial charge in [-0.15, -0.1) is 0 Å². The fourth-order valence-electron chi connectivity index (χ4n) is 3.93. The van der Waals surface area contributed by atoms with Crippen molar-refractivity contribution < 1.29 is 0 Å². The Morgan fingerprint density at radius 1 is 0.571 bits per heavy atom. The summed E-state index contributed by atoms with van der Waals surface area (Å²) in [4.78, 5) is 0. The van der Waals surface area contributed by atoms with Gasteiger partial charge in [-0.1, -0.05) is 0 Å². The SMILES string of the molecule is BrCCCCCC=CC[PH](c1ccccc1)(c1ccccc1)c1ccccc1. The zero-order chi connectivity index (χ0) is 19.5. The van der Waals surface area contributed by atoms with Crippen molar-refractivity contribution in [3.63, 3.8) is 0 Å². The number of alkyl halides is 1. The number of allylic oxidation sites excluding steroid dienone is 2. The van der Waals surface area contributed by atoms with Gasteiger partial charge in [-0.25, -0.2) is 0 Å². The number of halogens is 1. The van der Waals surface area contributed by atoms with E-state index in [2.05, 4.69) is 119 Å². The molecule has 3 aromatic rings. The molecular formula is C26H30BrP. The maximum atomic E-state index is 3.52. The van der Waals surface area contributed by atoms with Gasteiger partial charge in [0.25, 0.3) is 0 Å². The number of hydrogen-bond donors (Lipinski definition) is 0. The fraction of sp³-hybridized carbons (Fsp3) is 0.231. The Balaban J connectivity index is 1.98. The molecule has 0 aromatic heterocycles. The first-order chi connectivity index (χ1) is 13.9. The molecule has 3 rings (SSSR count). The Kier molecular flexibility index (Phi) is 8.52. The molecule has 0 nitrogen and oxygen atoms in total. The molecule has 3 aromatic carbocycles. The van der Waals surface area contributed by atoms with Gasteiger partial charge < -0.3 is 0 Å². The van der Waals surface area contributed by atoms with E-state index >= 15 is 0 Å². The third-order valence-electron chi connectivity index (χ3n) is 5.39. The summed E-state index contributed by atoms with van der Waals surface area (Å²) in [5, 5.41) is 5.56. The van der Waals surface area contributed by atoms with Crippen LogP contribution in [0.2, 0.25) is 0 Å². The summed E-state index contributed by atoms with van der Waals surface area (Å²) in [7, 11) is -2.09. The molecule has 0 aliphatic rings. The molecule has 0 amide bonds. The molecule has 0 unspecified atom stereocenters. The normalized spacial score (nSPS) is 12.3. The van der Waals surface area contributed by atoms with E-state index in [0.717, 1.165) is 11.5 Å². The molecule has 0 spiro atoms. The molecule has 0 aliphatic carbocycles. The van der Waals surface area contributed by atoms with Crippen LogP contribution in [0.25, 0.3) is 0 Å². The number of unbranched alkanes of at least 4 members (excludes halogenated alkanes) is 3.